The third-order valence-corrected chi connectivity index (χ3v) is 2.11. The molecule has 0 spiro atoms. The van der Waals surface area contributed by atoms with Crippen LogP contribution in [-0.4, -0.2) is 25.5 Å². The van der Waals surface area contributed by atoms with E-state index in [-0.39, 0.29) is 0 Å². The lowest BCUT2D eigenvalue weighted by atomic mass is 9.98. The molecule has 0 saturated carbocycles. The molecular formula is C10H21N. The summed E-state index contributed by atoms with van der Waals surface area (Å²) in [5.74, 6) is 0.738. The predicted octanol–water partition coefficient (Wildman–Crippen LogP) is 2.54. The van der Waals surface area contributed by atoms with Crippen LogP contribution in [0, 0.1) is 5.92 Å². The van der Waals surface area contributed by atoms with Gasteiger partial charge in [0, 0.05) is 6.54 Å². The first-order chi connectivity index (χ1) is 5.11. The first-order valence-electron chi connectivity index (χ1n) is 4.41. The molecule has 0 aliphatic rings. The highest BCUT2D eigenvalue weighted by Gasteiger charge is 2.05. The van der Waals surface area contributed by atoms with Gasteiger partial charge in [-0.25, -0.2) is 0 Å². The zero-order valence-corrected chi connectivity index (χ0v) is 8.52. The summed E-state index contributed by atoms with van der Waals surface area (Å²) in [5, 5.41) is 0. The number of nitrogens with zero attached hydrogens (tertiary/aromatic N) is 1. The van der Waals surface area contributed by atoms with Crippen LogP contribution < -0.4 is 0 Å². The minimum Gasteiger partial charge on any atom is -0.305 e. The van der Waals surface area contributed by atoms with E-state index < -0.39 is 0 Å². The Morgan fingerprint density at radius 1 is 1.45 bits per heavy atom. The van der Waals surface area contributed by atoms with Crippen molar-refractivity contribution >= 4 is 0 Å². The lowest BCUT2D eigenvalue weighted by Gasteiger charge is -2.17. The molecule has 0 amide bonds. The van der Waals surface area contributed by atoms with Gasteiger partial charge in [-0.2, -0.15) is 0 Å². The fourth-order valence-corrected chi connectivity index (χ4v) is 1.16. The molecule has 0 fully saturated rings. The van der Waals surface area contributed by atoms with Gasteiger partial charge in [-0.15, -0.1) is 0 Å². The van der Waals surface area contributed by atoms with Crippen molar-refractivity contribution in [1.29, 1.82) is 0 Å². The van der Waals surface area contributed by atoms with Crippen molar-refractivity contribution < 1.29 is 0 Å². The highest BCUT2D eigenvalue weighted by molar-refractivity contribution is 5.06. The lowest BCUT2D eigenvalue weighted by Crippen LogP contribution is -2.18. The molecule has 66 valence electrons. The monoisotopic (exact) mass is 155 g/mol. The minimum atomic E-state index is 0.738. The highest BCUT2D eigenvalue weighted by Crippen LogP contribution is 2.14. The summed E-state index contributed by atoms with van der Waals surface area (Å²) < 4.78 is 0. The van der Waals surface area contributed by atoms with Crippen molar-refractivity contribution in [2.24, 2.45) is 5.92 Å². The van der Waals surface area contributed by atoms with Gasteiger partial charge in [0.05, 0.1) is 0 Å². The summed E-state index contributed by atoms with van der Waals surface area (Å²) in [6.07, 6.45) is 3.49. The van der Waals surface area contributed by atoms with E-state index in [4.69, 9.17) is 0 Å². The average molecular weight is 155 g/mol. The summed E-state index contributed by atoms with van der Waals surface area (Å²) in [6.45, 7) is 7.76. The maximum absolute atomic E-state index is 2.29. The fraction of sp³-hybridized carbons (Fsp3) is 0.800. The molecule has 1 heteroatoms. The molecule has 0 aromatic heterocycles. The maximum atomic E-state index is 2.29. The summed E-state index contributed by atoms with van der Waals surface area (Å²) in [4.78, 5) is 2.22. The molecule has 0 bridgehead atoms. The van der Waals surface area contributed by atoms with Gasteiger partial charge in [0.15, 0.2) is 0 Å². The average Bonchev–Trinajstić information content (AvgIpc) is 1.98. The van der Waals surface area contributed by atoms with Crippen LogP contribution in [0.3, 0.4) is 0 Å². The van der Waals surface area contributed by atoms with Crippen molar-refractivity contribution in [2.45, 2.75) is 27.2 Å². The molecule has 1 unspecified atom stereocenters. The molecule has 0 aliphatic carbocycles. The van der Waals surface area contributed by atoms with E-state index in [1.54, 1.807) is 5.57 Å². The molecular weight excluding hydrogens is 134 g/mol. The van der Waals surface area contributed by atoms with E-state index >= 15 is 0 Å². The third-order valence-electron chi connectivity index (χ3n) is 2.11. The Morgan fingerprint density at radius 3 is 2.27 bits per heavy atom. The Hall–Kier alpha value is -0.300. The molecule has 0 aromatic carbocycles. The molecule has 0 heterocycles. The SMILES string of the molecule is C/C=C(/CN(C)C)C(C)CC. The number of hydrogen-bond donors (Lipinski definition) is 0. The second kappa shape index (κ2) is 5.36. The summed E-state index contributed by atoms with van der Waals surface area (Å²) in [5.41, 5.74) is 1.55. The van der Waals surface area contributed by atoms with Gasteiger partial charge in [0.25, 0.3) is 0 Å². The largest absolute Gasteiger partial charge is 0.305 e. The van der Waals surface area contributed by atoms with Crippen LogP contribution in [0.5, 0.6) is 0 Å². The number of allylic oxidation sites excluding steroid dienone is 1. The smallest absolute Gasteiger partial charge is 0.0189 e. The molecule has 1 atom stereocenters. The molecule has 11 heavy (non-hydrogen) atoms. The van der Waals surface area contributed by atoms with Gasteiger partial charge in [-0.05, 0) is 33.4 Å². The lowest BCUT2D eigenvalue weighted by molar-refractivity contribution is 0.421. The van der Waals surface area contributed by atoms with Gasteiger partial charge < -0.3 is 4.90 Å². The van der Waals surface area contributed by atoms with Crippen LogP contribution in [0.2, 0.25) is 0 Å². The molecule has 0 aromatic rings. The highest BCUT2D eigenvalue weighted by atomic mass is 15.0. The number of rotatable bonds is 4. The van der Waals surface area contributed by atoms with Crippen molar-refractivity contribution in [3.63, 3.8) is 0 Å². The van der Waals surface area contributed by atoms with Gasteiger partial charge in [-0.3, -0.25) is 0 Å². The van der Waals surface area contributed by atoms with E-state index in [9.17, 15) is 0 Å². The molecule has 0 N–H and O–H groups in total. The topological polar surface area (TPSA) is 3.24 Å². The van der Waals surface area contributed by atoms with E-state index in [1.165, 1.54) is 6.42 Å². The van der Waals surface area contributed by atoms with E-state index in [2.05, 4.69) is 45.8 Å². The van der Waals surface area contributed by atoms with Crippen molar-refractivity contribution in [2.75, 3.05) is 20.6 Å². The Bertz CT molecular complexity index is 125. The zero-order valence-electron chi connectivity index (χ0n) is 8.52. The molecule has 0 saturated heterocycles. The first-order valence-corrected chi connectivity index (χ1v) is 4.41. The van der Waals surface area contributed by atoms with Gasteiger partial charge >= 0.3 is 0 Å². The maximum Gasteiger partial charge on any atom is 0.0189 e. The predicted molar refractivity (Wildman–Crippen MR) is 51.8 cm³/mol. The normalized spacial score (nSPS) is 15.6. The molecule has 0 aliphatic heterocycles. The van der Waals surface area contributed by atoms with Crippen LogP contribution in [0.25, 0.3) is 0 Å². The second-order valence-electron chi connectivity index (χ2n) is 3.41. The van der Waals surface area contributed by atoms with Crippen molar-refractivity contribution in [3.05, 3.63) is 11.6 Å². The van der Waals surface area contributed by atoms with Crippen LogP contribution >= 0.6 is 0 Å². The zero-order chi connectivity index (χ0) is 8.85. The Kier molecular flexibility index (Phi) is 5.22. The van der Waals surface area contributed by atoms with E-state index in [0.717, 1.165) is 12.5 Å². The van der Waals surface area contributed by atoms with Gasteiger partial charge in [0.2, 0.25) is 0 Å². The van der Waals surface area contributed by atoms with E-state index in [1.807, 2.05) is 0 Å². The quantitative estimate of drug-likeness (QED) is 0.564. The summed E-state index contributed by atoms with van der Waals surface area (Å²) in [6, 6.07) is 0. The second-order valence-corrected chi connectivity index (χ2v) is 3.41. The van der Waals surface area contributed by atoms with Gasteiger partial charge in [0.1, 0.15) is 0 Å². The Balaban J connectivity index is 3.97. The van der Waals surface area contributed by atoms with E-state index in [0.29, 0.717) is 0 Å². The number of likely N-dealkylation sites (N-methyl/N-ethyl adjacent to an activating group) is 1. The Morgan fingerprint density at radius 2 is 2.00 bits per heavy atom. The fourth-order valence-electron chi connectivity index (χ4n) is 1.16. The third kappa shape index (κ3) is 4.20. The molecule has 1 nitrogen and oxygen atoms in total. The number of hydrogen-bond acceptors (Lipinski definition) is 1. The van der Waals surface area contributed by atoms with Crippen molar-refractivity contribution in [1.82, 2.24) is 4.90 Å². The first kappa shape index (κ1) is 10.7. The summed E-state index contributed by atoms with van der Waals surface area (Å²) in [7, 11) is 4.23. The minimum absolute atomic E-state index is 0.738. The Labute approximate surface area is 71.1 Å². The van der Waals surface area contributed by atoms with Crippen LogP contribution in [0.4, 0.5) is 0 Å². The van der Waals surface area contributed by atoms with Crippen LogP contribution in [0.1, 0.15) is 27.2 Å². The molecule has 0 radical (unpaired) electrons. The van der Waals surface area contributed by atoms with Crippen LogP contribution in [-0.2, 0) is 0 Å². The van der Waals surface area contributed by atoms with Gasteiger partial charge in [-0.1, -0.05) is 25.5 Å². The summed E-state index contributed by atoms with van der Waals surface area (Å²) >= 11 is 0. The molecule has 0 rings (SSSR count). The van der Waals surface area contributed by atoms with Crippen molar-refractivity contribution in [3.8, 4) is 0 Å². The standard InChI is InChI=1S/C10H21N/c1-6-9(3)10(7-2)8-11(4)5/h7,9H,6,8H2,1-5H3/b10-7-. The van der Waals surface area contributed by atoms with Crippen LogP contribution in [0.15, 0.2) is 11.6 Å².